The second-order valence-corrected chi connectivity index (χ2v) is 4.55. The van der Waals surface area contributed by atoms with E-state index in [9.17, 15) is 4.79 Å². The maximum Gasteiger partial charge on any atom is 0.169 e. The molecule has 1 aliphatic carbocycles. The van der Waals surface area contributed by atoms with E-state index in [0.29, 0.717) is 5.69 Å². The molecular formula is C14H14N2O. The Hall–Kier alpha value is -1.90. The van der Waals surface area contributed by atoms with Crippen LogP contribution < -0.4 is 0 Å². The van der Waals surface area contributed by atoms with Crippen molar-refractivity contribution < 1.29 is 4.79 Å². The van der Waals surface area contributed by atoms with Crippen LogP contribution in [-0.2, 0) is 19.4 Å². The zero-order valence-corrected chi connectivity index (χ0v) is 9.60. The average molecular weight is 226 g/mol. The molecular weight excluding hydrogens is 212 g/mol. The minimum atomic E-state index is 0.492. The van der Waals surface area contributed by atoms with Crippen molar-refractivity contribution in [3.05, 3.63) is 53.1 Å². The number of carbonyl (C=O) groups excluding carboxylic acids is 1. The van der Waals surface area contributed by atoms with Crippen molar-refractivity contribution in [3.8, 4) is 0 Å². The minimum Gasteiger partial charge on any atom is -0.332 e. The van der Waals surface area contributed by atoms with Crippen LogP contribution in [0.4, 0.5) is 0 Å². The molecule has 0 N–H and O–H groups in total. The highest BCUT2D eigenvalue weighted by atomic mass is 16.1. The van der Waals surface area contributed by atoms with Crippen molar-refractivity contribution in [1.29, 1.82) is 0 Å². The molecule has 3 heteroatoms. The van der Waals surface area contributed by atoms with Crippen molar-refractivity contribution in [1.82, 2.24) is 9.55 Å². The number of aryl methyl sites for hydroxylation is 2. The van der Waals surface area contributed by atoms with Crippen LogP contribution in [0.25, 0.3) is 0 Å². The lowest BCUT2D eigenvalue weighted by Crippen LogP contribution is -1.97. The molecule has 1 heterocycles. The van der Waals surface area contributed by atoms with Gasteiger partial charge in [-0.25, -0.2) is 4.98 Å². The summed E-state index contributed by atoms with van der Waals surface area (Å²) in [6.45, 7) is 0.786. The Morgan fingerprint density at radius 1 is 1.29 bits per heavy atom. The number of hydrogen-bond donors (Lipinski definition) is 0. The van der Waals surface area contributed by atoms with Crippen LogP contribution in [0.5, 0.6) is 0 Å². The summed E-state index contributed by atoms with van der Waals surface area (Å²) in [5, 5.41) is 0. The van der Waals surface area contributed by atoms with Gasteiger partial charge in [-0.15, -0.1) is 0 Å². The molecule has 0 unspecified atom stereocenters. The van der Waals surface area contributed by atoms with Gasteiger partial charge in [-0.2, -0.15) is 0 Å². The zero-order valence-electron chi connectivity index (χ0n) is 9.60. The molecule has 1 aromatic carbocycles. The van der Waals surface area contributed by atoms with Crippen LogP contribution >= 0.6 is 0 Å². The number of benzene rings is 1. The van der Waals surface area contributed by atoms with Crippen molar-refractivity contribution in [3.63, 3.8) is 0 Å². The largest absolute Gasteiger partial charge is 0.332 e. The van der Waals surface area contributed by atoms with E-state index in [-0.39, 0.29) is 0 Å². The van der Waals surface area contributed by atoms with Gasteiger partial charge in [0.1, 0.15) is 5.69 Å². The first-order valence-electron chi connectivity index (χ1n) is 5.93. The van der Waals surface area contributed by atoms with Gasteiger partial charge in [-0.1, -0.05) is 18.2 Å². The Balaban J connectivity index is 1.83. The van der Waals surface area contributed by atoms with Crippen molar-refractivity contribution in [2.24, 2.45) is 0 Å². The van der Waals surface area contributed by atoms with Crippen molar-refractivity contribution >= 4 is 6.29 Å². The number of aldehydes is 1. The number of hydrogen-bond acceptors (Lipinski definition) is 2. The number of imidazole rings is 1. The summed E-state index contributed by atoms with van der Waals surface area (Å²) in [6, 6.07) is 6.68. The third kappa shape index (κ3) is 2.00. The highest BCUT2D eigenvalue weighted by Crippen LogP contribution is 2.23. The maximum atomic E-state index is 10.5. The van der Waals surface area contributed by atoms with Gasteiger partial charge in [0.25, 0.3) is 0 Å². The van der Waals surface area contributed by atoms with Gasteiger partial charge in [0.05, 0.1) is 6.33 Å². The van der Waals surface area contributed by atoms with Crippen LogP contribution in [0.1, 0.15) is 33.6 Å². The van der Waals surface area contributed by atoms with E-state index in [2.05, 4.69) is 23.2 Å². The van der Waals surface area contributed by atoms with E-state index in [0.717, 1.165) is 12.8 Å². The summed E-state index contributed by atoms with van der Waals surface area (Å²) < 4.78 is 1.94. The summed E-state index contributed by atoms with van der Waals surface area (Å²) in [6.07, 6.45) is 7.96. The third-order valence-electron chi connectivity index (χ3n) is 3.30. The molecule has 0 saturated carbocycles. The number of rotatable bonds is 3. The lowest BCUT2D eigenvalue weighted by atomic mass is 10.1. The summed E-state index contributed by atoms with van der Waals surface area (Å²) in [5.74, 6) is 0. The number of nitrogens with zero attached hydrogens (tertiary/aromatic N) is 2. The fourth-order valence-corrected chi connectivity index (χ4v) is 2.46. The lowest BCUT2D eigenvalue weighted by molar-refractivity contribution is 0.111. The van der Waals surface area contributed by atoms with Crippen LogP contribution in [0.15, 0.2) is 30.7 Å². The molecule has 0 fully saturated rings. The van der Waals surface area contributed by atoms with Crippen molar-refractivity contribution in [2.75, 3.05) is 0 Å². The number of aromatic nitrogens is 2. The first kappa shape index (κ1) is 10.3. The smallest absolute Gasteiger partial charge is 0.169 e. The molecule has 0 saturated heterocycles. The molecule has 2 aromatic rings. The topological polar surface area (TPSA) is 34.9 Å². The van der Waals surface area contributed by atoms with Crippen molar-refractivity contribution in [2.45, 2.75) is 25.8 Å². The van der Waals surface area contributed by atoms with Gasteiger partial charge in [0.15, 0.2) is 6.29 Å². The van der Waals surface area contributed by atoms with Gasteiger partial charge in [-0.05, 0) is 36.0 Å². The average Bonchev–Trinajstić information content (AvgIpc) is 2.96. The van der Waals surface area contributed by atoms with Crippen LogP contribution in [0.3, 0.4) is 0 Å². The first-order chi connectivity index (χ1) is 8.35. The fraction of sp³-hybridized carbons (Fsp3) is 0.286. The molecule has 0 atom stereocenters. The Morgan fingerprint density at radius 3 is 3.00 bits per heavy atom. The SMILES string of the molecule is O=Cc1cn(Cc2ccc3c(c2)CCC3)cn1. The van der Waals surface area contributed by atoms with E-state index in [1.54, 1.807) is 12.5 Å². The molecule has 0 bridgehead atoms. The molecule has 0 amide bonds. The monoisotopic (exact) mass is 226 g/mol. The highest BCUT2D eigenvalue weighted by molar-refractivity contribution is 5.70. The molecule has 3 nitrogen and oxygen atoms in total. The fourth-order valence-electron chi connectivity index (χ4n) is 2.46. The Kier molecular flexibility index (Phi) is 2.52. The van der Waals surface area contributed by atoms with E-state index in [4.69, 9.17) is 0 Å². The molecule has 0 radical (unpaired) electrons. The Morgan fingerprint density at radius 2 is 2.18 bits per heavy atom. The molecule has 1 aromatic heterocycles. The predicted octanol–water partition coefficient (Wildman–Crippen LogP) is 2.23. The number of carbonyl (C=O) groups is 1. The molecule has 86 valence electrons. The Bertz CT molecular complexity index is 557. The molecule has 1 aliphatic rings. The highest BCUT2D eigenvalue weighted by Gasteiger charge is 2.10. The van der Waals surface area contributed by atoms with E-state index in [1.807, 2.05) is 4.57 Å². The van der Waals surface area contributed by atoms with Gasteiger partial charge in [0.2, 0.25) is 0 Å². The third-order valence-corrected chi connectivity index (χ3v) is 3.30. The normalized spacial score (nSPS) is 13.6. The minimum absolute atomic E-state index is 0.492. The summed E-state index contributed by atoms with van der Waals surface area (Å²) in [4.78, 5) is 14.5. The van der Waals surface area contributed by atoms with E-state index in [1.165, 1.54) is 36.0 Å². The summed E-state index contributed by atoms with van der Waals surface area (Å²) >= 11 is 0. The van der Waals surface area contributed by atoms with Crippen LogP contribution in [-0.4, -0.2) is 15.8 Å². The zero-order chi connectivity index (χ0) is 11.7. The Labute approximate surface area is 100 Å². The van der Waals surface area contributed by atoms with Gasteiger partial charge >= 0.3 is 0 Å². The first-order valence-corrected chi connectivity index (χ1v) is 5.93. The summed E-state index contributed by atoms with van der Waals surface area (Å²) in [7, 11) is 0. The molecule has 0 spiro atoms. The van der Waals surface area contributed by atoms with Gasteiger partial charge in [0, 0.05) is 12.7 Å². The van der Waals surface area contributed by atoms with E-state index >= 15 is 0 Å². The molecule has 3 rings (SSSR count). The lowest BCUT2D eigenvalue weighted by Gasteiger charge is -2.05. The molecule has 17 heavy (non-hydrogen) atoms. The van der Waals surface area contributed by atoms with Crippen LogP contribution in [0.2, 0.25) is 0 Å². The second kappa shape index (κ2) is 4.17. The standard InChI is InChI=1S/C14H14N2O/c17-9-14-8-16(10-15-14)7-11-4-5-12-2-1-3-13(12)6-11/h4-6,8-10H,1-3,7H2. The quantitative estimate of drug-likeness (QED) is 0.752. The summed E-state index contributed by atoms with van der Waals surface area (Å²) in [5.41, 5.74) is 4.75. The maximum absolute atomic E-state index is 10.5. The second-order valence-electron chi connectivity index (χ2n) is 4.55. The van der Waals surface area contributed by atoms with E-state index < -0.39 is 0 Å². The van der Waals surface area contributed by atoms with Crippen LogP contribution in [0, 0.1) is 0 Å². The van der Waals surface area contributed by atoms with Gasteiger partial charge in [-0.3, -0.25) is 4.79 Å². The van der Waals surface area contributed by atoms with Gasteiger partial charge < -0.3 is 4.57 Å². The molecule has 0 aliphatic heterocycles. The number of fused-ring (bicyclic) bond motifs is 1. The predicted molar refractivity (Wildman–Crippen MR) is 65.2 cm³/mol.